The fourth-order valence-electron chi connectivity index (χ4n) is 2.07. The predicted molar refractivity (Wildman–Crippen MR) is 88.7 cm³/mol. The monoisotopic (exact) mass is 313 g/mol. The lowest BCUT2D eigenvalue weighted by atomic mass is 10.2. The standard InChI is InChI=1S/C15H27N3O2S/c1-6-7-12-13(14(19)20)21-15(16-12)18(10-11(2)3)9-8-17(4)5/h11H,6-10H2,1-5H3,(H,19,20). The van der Waals surface area contributed by atoms with Crippen molar-refractivity contribution >= 4 is 22.4 Å². The van der Waals surface area contributed by atoms with Gasteiger partial charge in [0.25, 0.3) is 0 Å². The van der Waals surface area contributed by atoms with E-state index in [-0.39, 0.29) is 0 Å². The van der Waals surface area contributed by atoms with Crippen LogP contribution >= 0.6 is 11.3 Å². The molecule has 0 saturated carbocycles. The molecule has 21 heavy (non-hydrogen) atoms. The van der Waals surface area contributed by atoms with E-state index >= 15 is 0 Å². The van der Waals surface area contributed by atoms with Crippen molar-refractivity contribution in [3.8, 4) is 0 Å². The summed E-state index contributed by atoms with van der Waals surface area (Å²) in [5.41, 5.74) is 0.726. The Kier molecular flexibility index (Phi) is 7.11. The molecule has 6 heteroatoms. The van der Waals surface area contributed by atoms with E-state index in [2.05, 4.69) is 28.6 Å². The zero-order valence-electron chi connectivity index (χ0n) is 13.7. The van der Waals surface area contributed by atoms with Gasteiger partial charge in [0.1, 0.15) is 4.88 Å². The average molecular weight is 313 g/mol. The Balaban J connectivity index is 2.99. The van der Waals surface area contributed by atoms with Crippen LogP contribution in [0, 0.1) is 5.92 Å². The highest BCUT2D eigenvalue weighted by Gasteiger charge is 2.20. The Bertz CT molecular complexity index is 458. The van der Waals surface area contributed by atoms with Gasteiger partial charge in [0.15, 0.2) is 5.13 Å². The molecule has 120 valence electrons. The van der Waals surface area contributed by atoms with Crippen LogP contribution in [0.4, 0.5) is 5.13 Å². The zero-order chi connectivity index (χ0) is 16.0. The first-order valence-corrected chi connectivity index (χ1v) is 8.29. The van der Waals surface area contributed by atoms with Gasteiger partial charge in [0, 0.05) is 19.6 Å². The van der Waals surface area contributed by atoms with Gasteiger partial charge >= 0.3 is 5.97 Å². The summed E-state index contributed by atoms with van der Waals surface area (Å²) in [7, 11) is 4.08. The minimum Gasteiger partial charge on any atom is -0.477 e. The Morgan fingerprint density at radius 1 is 1.33 bits per heavy atom. The summed E-state index contributed by atoms with van der Waals surface area (Å²) in [6, 6.07) is 0. The van der Waals surface area contributed by atoms with Crippen LogP contribution in [0.2, 0.25) is 0 Å². The third kappa shape index (κ3) is 5.63. The molecule has 0 aliphatic heterocycles. The quantitative estimate of drug-likeness (QED) is 0.760. The number of aromatic nitrogens is 1. The molecule has 0 unspecified atom stereocenters. The van der Waals surface area contributed by atoms with Crippen molar-refractivity contribution in [3.05, 3.63) is 10.6 Å². The van der Waals surface area contributed by atoms with Crippen LogP contribution in [0.3, 0.4) is 0 Å². The van der Waals surface area contributed by atoms with E-state index in [0.717, 1.165) is 43.3 Å². The molecule has 1 heterocycles. The minimum absolute atomic E-state index is 0.394. The SMILES string of the molecule is CCCc1nc(N(CCN(C)C)CC(C)C)sc1C(=O)O. The molecule has 0 aromatic carbocycles. The van der Waals surface area contributed by atoms with E-state index in [9.17, 15) is 9.90 Å². The largest absolute Gasteiger partial charge is 0.477 e. The third-order valence-corrected chi connectivity index (χ3v) is 4.19. The van der Waals surface area contributed by atoms with Gasteiger partial charge in [-0.05, 0) is 26.4 Å². The Morgan fingerprint density at radius 2 is 2.00 bits per heavy atom. The lowest BCUT2D eigenvalue weighted by Crippen LogP contribution is -2.34. The second-order valence-corrected chi connectivity index (χ2v) is 6.95. The van der Waals surface area contributed by atoms with Crippen molar-refractivity contribution in [3.63, 3.8) is 0 Å². The highest BCUT2D eigenvalue weighted by molar-refractivity contribution is 7.17. The van der Waals surface area contributed by atoms with Crippen molar-refractivity contribution in [1.29, 1.82) is 0 Å². The maximum atomic E-state index is 11.4. The Morgan fingerprint density at radius 3 is 2.48 bits per heavy atom. The van der Waals surface area contributed by atoms with Gasteiger partial charge in [-0.15, -0.1) is 0 Å². The molecule has 1 aromatic heterocycles. The number of likely N-dealkylation sites (N-methyl/N-ethyl adjacent to an activating group) is 1. The summed E-state index contributed by atoms with van der Waals surface area (Å²) in [5, 5.41) is 10.2. The summed E-state index contributed by atoms with van der Waals surface area (Å²) in [5.74, 6) is -0.349. The molecular weight excluding hydrogens is 286 g/mol. The van der Waals surface area contributed by atoms with Crippen LogP contribution in [0.15, 0.2) is 0 Å². The van der Waals surface area contributed by atoms with Crippen molar-refractivity contribution in [1.82, 2.24) is 9.88 Å². The maximum Gasteiger partial charge on any atom is 0.347 e. The number of aromatic carboxylic acids is 1. The maximum absolute atomic E-state index is 11.4. The lowest BCUT2D eigenvalue weighted by molar-refractivity contribution is 0.0700. The van der Waals surface area contributed by atoms with Crippen molar-refractivity contribution in [2.75, 3.05) is 38.6 Å². The van der Waals surface area contributed by atoms with E-state index in [1.807, 2.05) is 21.0 Å². The van der Waals surface area contributed by atoms with Crippen LogP contribution in [0.25, 0.3) is 0 Å². The first-order chi connectivity index (χ1) is 9.85. The summed E-state index contributed by atoms with van der Waals surface area (Å²) < 4.78 is 0. The molecule has 1 aromatic rings. The molecule has 0 bridgehead atoms. The molecule has 5 nitrogen and oxygen atoms in total. The molecule has 0 aliphatic rings. The van der Waals surface area contributed by atoms with Crippen LogP contribution in [0.5, 0.6) is 0 Å². The Hall–Kier alpha value is -1.14. The molecule has 1 rings (SSSR count). The molecule has 0 aliphatic carbocycles. The average Bonchev–Trinajstić information content (AvgIpc) is 2.78. The summed E-state index contributed by atoms with van der Waals surface area (Å²) in [6.07, 6.45) is 1.63. The van der Waals surface area contributed by atoms with E-state index < -0.39 is 5.97 Å². The van der Waals surface area contributed by atoms with Gasteiger partial charge in [-0.3, -0.25) is 0 Å². The molecular formula is C15H27N3O2S. The lowest BCUT2D eigenvalue weighted by Gasteiger charge is -2.25. The third-order valence-electron chi connectivity index (χ3n) is 3.04. The smallest absolute Gasteiger partial charge is 0.347 e. The topological polar surface area (TPSA) is 56.7 Å². The van der Waals surface area contributed by atoms with Crippen molar-refractivity contribution in [2.45, 2.75) is 33.6 Å². The molecule has 0 radical (unpaired) electrons. The normalized spacial score (nSPS) is 11.4. The molecule has 0 amide bonds. The summed E-state index contributed by atoms with van der Waals surface area (Å²) >= 11 is 1.31. The number of carboxylic acids is 1. The minimum atomic E-state index is -0.862. The zero-order valence-corrected chi connectivity index (χ0v) is 14.5. The highest BCUT2D eigenvalue weighted by Crippen LogP contribution is 2.28. The fourth-order valence-corrected chi connectivity index (χ4v) is 3.06. The molecule has 0 atom stereocenters. The van der Waals surface area contributed by atoms with E-state index in [1.54, 1.807) is 0 Å². The number of thiazole rings is 1. The highest BCUT2D eigenvalue weighted by atomic mass is 32.1. The second-order valence-electron chi connectivity index (χ2n) is 5.97. The van der Waals surface area contributed by atoms with E-state index in [4.69, 9.17) is 0 Å². The van der Waals surface area contributed by atoms with Crippen molar-refractivity contribution in [2.24, 2.45) is 5.92 Å². The summed E-state index contributed by atoms with van der Waals surface area (Å²) in [4.78, 5) is 20.7. The fraction of sp³-hybridized carbons (Fsp3) is 0.733. The van der Waals surface area contributed by atoms with Crippen LogP contribution < -0.4 is 4.90 Å². The van der Waals surface area contributed by atoms with Crippen molar-refractivity contribution < 1.29 is 9.90 Å². The van der Waals surface area contributed by atoms with E-state index in [1.165, 1.54) is 11.3 Å². The summed E-state index contributed by atoms with van der Waals surface area (Å²) in [6.45, 7) is 9.07. The number of nitrogens with zero attached hydrogens (tertiary/aromatic N) is 3. The number of hydrogen-bond acceptors (Lipinski definition) is 5. The number of carboxylic acid groups (broad SMARTS) is 1. The molecule has 0 fully saturated rings. The van der Waals surface area contributed by atoms with Crippen LogP contribution in [-0.4, -0.2) is 54.7 Å². The molecule has 1 N–H and O–H groups in total. The Labute approximate surface area is 131 Å². The molecule has 0 saturated heterocycles. The number of carbonyl (C=O) groups is 1. The van der Waals surface area contributed by atoms with Gasteiger partial charge in [-0.25, -0.2) is 9.78 Å². The van der Waals surface area contributed by atoms with Gasteiger partial charge in [0.2, 0.25) is 0 Å². The van der Waals surface area contributed by atoms with Crippen LogP contribution in [-0.2, 0) is 6.42 Å². The van der Waals surface area contributed by atoms with Gasteiger partial charge in [-0.2, -0.15) is 0 Å². The number of aryl methyl sites for hydroxylation is 1. The number of rotatable bonds is 9. The number of anilines is 1. The van der Waals surface area contributed by atoms with Gasteiger partial charge in [-0.1, -0.05) is 38.5 Å². The second kappa shape index (κ2) is 8.34. The molecule has 0 spiro atoms. The first-order valence-electron chi connectivity index (χ1n) is 7.47. The number of hydrogen-bond donors (Lipinski definition) is 1. The first kappa shape index (κ1) is 17.9. The van der Waals surface area contributed by atoms with Gasteiger partial charge < -0.3 is 14.9 Å². The van der Waals surface area contributed by atoms with Crippen LogP contribution in [0.1, 0.15) is 42.6 Å². The van der Waals surface area contributed by atoms with Gasteiger partial charge in [0.05, 0.1) is 5.69 Å². The van der Waals surface area contributed by atoms with E-state index in [0.29, 0.717) is 10.8 Å². The predicted octanol–water partition coefficient (Wildman–Crippen LogP) is 2.82.